The zero-order chi connectivity index (χ0) is 21.3. The van der Waals surface area contributed by atoms with Gasteiger partial charge in [-0.2, -0.15) is 13.2 Å². The molecule has 1 aliphatic rings. The molecule has 0 unspecified atom stereocenters. The summed E-state index contributed by atoms with van der Waals surface area (Å²) in [6, 6.07) is 1.03. The van der Waals surface area contributed by atoms with Gasteiger partial charge in [0.25, 0.3) is 0 Å². The Hall–Kier alpha value is -1.86. The summed E-state index contributed by atoms with van der Waals surface area (Å²) in [6.45, 7) is 2.93. The monoisotopic (exact) mass is 544 g/mol. The first-order valence-electron chi connectivity index (χ1n) is 9.61. The summed E-state index contributed by atoms with van der Waals surface area (Å²) in [5.74, 6) is 0.342. The van der Waals surface area contributed by atoms with Crippen LogP contribution in [0.3, 0.4) is 0 Å². The Morgan fingerprint density at radius 1 is 1.27 bits per heavy atom. The largest absolute Gasteiger partial charge is 0.466 e. The predicted molar refractivity (Wildman–Crippen MR) is 118 cm³/mol. The van der Waals surface area contributed by atoms with E-state index in [1.54, 1.807) is 14.0 Å². The highest BCUT2D eigenvalue weighted by atomic mass is 127. The van der Waals surface area contributed by atoms with Gasteiger partial charge in [-0.25, -0.2) is 9.97 Å². The van der Waals surface area contributed by atoms with Crippen LogP contribution in [-0.4, -0.2) is 54.7 Å². The molecule has 0 aromatic carbocycles. The first-order valence-corrected chi connectivity index (χ1v) is 9.61. The number of rotatable bonds is 7. The lowest BCUT2D eigenvalue weighted by Gasteiger charge is -2.29. The second kappa shape index (κ2) is 12.7. The Labute approximate surface area is 190 Å². The zero-order valence-corrected chi connectivity index (χ0v) is 19.3. The van der Waals surface area contributed by atoms with E-state index in [2.05, 4.69) is 30.9 Å². The maximum absolute atomic E-state index is 12.7. The number of aromatic nitrogens is 2. The third-order valence-corrected chi connectivity index (χ3v) is 4.56. The van der Waals surface area contributed by atoms with Crippen LogP contribution < -0.4 is 16.0 Å². The van der Waals surface area contributed by atoms with Gasteiger partial charge in [0.1, 0.15) is 5.69 Å². The molecule has 1 saturated carbocycles. The van der Waals surface area contributed by atoms with Crippen LogP contribution in [-0.2, 0) is 15.7 Å². The summed E-state index contributed by atoms with van der Waals surface area (Å²) < 4.78 is 43.0. The number of carbonyl (C=O) groups excluding carboxylic acids is 1. The molecule has 12 heteroatoms. The number of esters is 1. The number of nitrogens with one attached hydrogen (secondary N) is 3. The van der Waals surface area contributed by atoms with Crippen molar-refractivity contribution < 1.29 is 22.7 Å². The van der Waals surface area contributed by atoms with Gasteiger partial charge in [0, 0.05) is 32.4 Å². The number of anilines is 1. The maximum Gasteiger partial charge on any atom is 0.433 e. The fraction of sp³-hybridized carbons (Fsp3) is 0.667. The Morgan fingerprint density at radius 3 is 2.57 bits per heavy atom. The quantitative estimate of drug-likeness (QED) is 0.160. The minimum absolute atomic E-state index is 0. The topological polar surface area (TPSA) is 101 Å². The lowest BCUT2D eigenvalue weighted by molar-refractivity contribution is -0.149. The lowest BCUT2D eigenvalue weighted by Crippen LogP contribution is -2.46. The SMILES string of the molecule is CCOC(=O)C1CCC(NC(=NC)NCCNc2nccc(C(F)(F)F)n2)CC1.I. The summed E-state index contributed by atoms with van der Waals surface area (Å²) in [5, 5.41) is 9.15. The summed E-state index contributed by atoms with van der Waals surface area (Å²) in [5.41, 5.74) is -0.987. The van der Waals surface area contributed by atoms with Crippen LogP contribution in [0.2, 0.25) is 0 Å². The molecule has 0 aliphatic heterocycles. The Bertz CT molecular complexity index is 697. The summed E-state index contributed by atoms with van der Waals surface area (Å²) in [6.07, 6.45) is -0.237. The van der Waals surface area contributed by atoms with Crippen LogP contribution in [0, 0.1) is 5.92 Å². The molecule has 1 heterocycles. The fourth-order valence-corrected chi connectivity index (χ4v) is 3.08. The van der Waals surface area contributed by atoms with Crippen molar-refractivity contribution in [2.75, 3.05) is 32.1 Å². The number of carbonyl (C=O) groups is 1. The molecular formula is C18H28F3IN6O2. The minimum Gasteiger partial charge on any atom is -0.466 e. The number of hydrogen-bond acceptors (Lipinski definition) is 6. The molecule has 0 bridgehead atoms. The maximum atomic E-state index is 12.7. The third-order valence-electron chi connectivity index (χ3n) is 4.56. The lowest BCUT2D eigenvalue weighted by atomic mass is 9.86. The van der Waals surface area contributed by atoms with E-state index in [0.29, 0.717) is 25.7 Å². The second-order valence-corrected chi connectivity index (χ2v) is 6.63. The third kappa shape index (κ3) is 8.48. The van der Waals surface area contributed by atoms with Gasteiger partial charge in [-0.1, -0.05) is 0 Å². The molecule has 1 fully saturated rings. The highest BCUT2D eigenvalue weighted by Crippen LogP contribution is 2.27. The number of ether oxygens (including phenoxy) is 1. The first-order chi connectivity index (χ1) is 13.8. The highest BCUT2D eigenvalue weighted by molar-refractivity contribution is 14.0. The summed E-state index contributed by atoms with van der Waals surface area (Å²) in [7, 11) is 1.64. The van der Waals surface area contributed by atoms with Crippen LogP contribution >= 0.6 is 24.0 Å². The molecule has 30 heavy (non-hydrogen) atoms. The van der Waals surface area contributed by atoms with Crippen molar-refractivity contribution in [2.45, 2.75) is 44.8 Å². The van der Waals surface area contributed by atoms with Gasteiger partial charge in [-0.3, -0.25) is 9.79 Å². The number of guanidine groups is 1. The van der Waals surface area contributed by atoms with Gasteiger partial charge in [0.2, 0.25) is 5.95 Å². The van der Waals surface area contributed by atoms with Crippen molar-refractivity contribution in [1.82, 2.24) is 20.6 Å². The normalized spacial score (nSPS) is 19.4. The molecular weight excluding hydrogens is 516 g/mol. The highest BCUT2D eigenvalue weighted by Gasteiger charge is 2.32. The standard InChI is InChI=1S/C18H27F3N6O2.HI/c1-3-29-15(28)12-4-6-13(7-5-12)26-16(22-2)24-10-11-25-17-23-9-8-14(27-17)18(19,20)21;/h8-9,12-13H,3-7,10-11H2,1-2H3,(H2,22,24,26)(H,23,25,27);1H. The smallest absolute Gasteiger partial charge is 0.433 e. The van der Waals surface area contributed by atoms with E-state index in [1.165, 1.54) is 0 Å². The van der Waals surface area contributed by atoms with E-state index in [1.807, 2.05) is 0 Å². The number of aliphatic imine (C=N–C) groups is 1. The van der Waals surface area contributed by atoms with Crippen molar-refractivity contribution in [1.29, 1.82) is 0 Å². The van der Waals surface area contributed by atoms with Crippen LogP contribution in [0.15, 0.2) is 17.3 Å². The van der Waals surface area contributed by atoms with Crippen molar-refractivity contribution in [3.8, 4) is 0 Å². The van der Waals surface area contributed by atoms with Gasteiger partial charge < -0.3 is 20.7 Å². The molecule has 0 saturated heterocycles. The Morgan fingerprint density at radius 2 is 1.97 bits per heavy atom. The molecule has 8 nitrogen and oxygen atoms in total. The van der Waals surface area contributed by atoms with Gasteiger partial charge >= 0.3 is 12.1 Å². The predicted octanol–water partition coefficient (Wildman–Crippen LogP) is 2.81. The van der Waals surface area contributed by atoms with Crippen molar-refractivity contribution in [3.05, 3.63) is 18.0 Å². The second-order valence-electron chi connectivity index (χ2n) is 6.63. The molecule has 0 atom stereocenters. The minimum atomic E-state index is -4.50. The van der Waals surface area contributed by atoms with Crippen LogP contribution in [0.5, 0.6) is 0 Å². The molecule has 1 aromatic heterocycles. The first kappa shape index (κ1) is 26.2. The average Bonchev–Trinajstić information content (AvgIpc) is 2.70. The van der Waals surface area contributed by atoms with Crippen LogP contribution in [0.25, 0.3) is 0 Å². The molecule has 1 aliphatic carbocycles. The van der Waals surface area contributed by atoms with Crippen molar-refractivity contribution >= 4 is 41.9 Å². The van der Waals surface area contributed by atoms with E-state index in [4.69, 9.17) is 4.74 Å². The van der Waals surface area contributed by atoms with E-state index in [-0.39, 0.29) is 47.9 Å². The summed E-state index contributed by atoms with van der Waals surface area (Å²) >= 11 is 0. The van der Waals surface area contributed by atoms with Gasteiger partial charge in [0.15, 0.2) is 5.96 Å². The van der Waals surface area contributed by atoms with E-state index >= 15 is 0 Å². The number of halogens is 4. The van der Waals surface area contributed by atoms with E-state index < -0.39 is 11.9 Å². The average molecular weight is 544 g/mol. The van der Waals surface area contributed by atoms with Crippen molar-refractivity contribution in [2.24, 2.45) is 10.9 Å². The van der Waals surface area contributed by atoms with E-state index in [0.717, 1.165) is 37.9 Å². The number of hydrogen-bond donors (Lipinski definition) is 3. The van der Waals surface area contributed by atoms with Gasteiger partial charge in [-0.15, -0.1) is 24.0 Å². The molecule has 170 valence electrons. The number of alkyl halides is 3. The van der Waals surface area contributed by atoms with E-state index in [9.17, 15) is 18.0 Å². The molecule has 0 radical (unpaired) electrons. The van der Waals surface area contributed by atoms with Crippen LogP contribution in [0.4, 0.5) is 19.1 Å². The molecule has 0 amide bonds. The summed E-state index contributed by atoms with van der Waals surface area (Å²) in [4.78, 5) is 23.2. The molecule has 2 rings (SSSR count). The number of nitrogens with zero attached hydrogens (tertiary/aromatic N) is 3. The fourth-order valence-electron chi connectivity index (χ4n) is 3.08. The molecule has 0 spiro atoms. The Balaban J connectivity index is 0.00000450. The molecule has 3 N–H and O–H groups in total. The Kier molecular flexibility index (Phi) is 11.1. The van der Waals surface area contributed by atoms with Crippen molar-refractivity contribution in [3.63, 3.8) is 0 Å². The van der Waals surface area contributed by atoms with Crippen LogP contribution in [0.1, 0.15) is 38.3 Å². The van der Waals surface area contributed by atoms with Gasteiger partial charge in [0.05, 0.1) is 12.5 Å². The van der Waals surface area contributed by atoms with Gasteiger partial charge in [-0.05, 0) is 38.7 Å². The zero-order valence-electron chi connectivity index (χ0n) is 17.0. The molecule has 1 aromatic rings.